The Labute approximate surface area is 188 Å². The summed E-state index contributed by atoms with van der Waals surface area (Å²) in [6.45, 7) is 4.89. The normalized spacial score (nSPS) is 17.3. The van der Waals surface area contributed by atoms with Gasteiger partial charge in [0, 0.05) is 23.9 Å². The highest BCUT2D eigenvalue weighted by Crippen LogP contribution is 2.41. The maximum Gasteiger partial charge on any atom is 0.171 e. The fourth-order valence-corrected chi connectivity index (χ4v) is 4.56. The van der Waals surface area contributed by atoms with Crippen LogP contribution in [0.2, 0.25) is 0 Å². The first-order valence-electron chi connectivity index (χ1n) is 10.8. The van der Waals surface area contributed by atoms with Crippen LogP contribution in [0.1, 0.15) is 30.9 Å². The topological polar surface area (TPSA) is 98.7 Å². The summed E-state index contributed by atoms with van der Waals surface area (Å²) in [6.07, 6.45) is 3.41. The minimum atomic E-state index is -0.892. The van der Waals surface area contributed by atoms with E-state index in [1.54, 1.807) is 35.3 Å². The van der Waals surface area contributed by atoms with E-state index in [4.69, 9.17) is 9.47 Å². The second-order valence-corrected chi connectivity index (χ2v) is 9.12. The Morgan fingerprint density at radius 2 is 2.03 bits per heavy atom. The van der Waals surface area contributed by atoms with Crippen LogP contribution in [0.15, 0.2) is 36.8 Å². The average molecular weight is 450 g/mol. The standard InChI is InChI=1S/C23H23FN6O3/c1-23(2,31)11-29-6-5-17(28-29)14-7-19-22(30-12-26-27-21(14)30)25-8-15-16(24)3-4-18-20(15)13(9-32-18)10-33-19/h3-7,12-13,25,31H,8-11H2,1-2H3/t13-/m1/s1. The SMILES string of the molecule is CC(C)(O)Cn1ccc(-c2cc3c(n4cnnc24)NCc2c(F)ccc4c2[C@H](CO4)CO3)n1. The molecular formula is C23H23FN6O3. The summed E-state index contributed by atoms with van der Waals surface area (Å²) in [7, 11) is 0. The molecule has 2 aliphatic heterocycles. The first-order valence-corrected chi connectivity index (χ1v) is 10.8. The molecule has 1 aromatic carbocycles. The highest BCUT2D eigenvalue weighted by molar-refractivity contribution is 5.80. The van der Waals surface area contributed by atoms with Crippen LogP contribution < -0.4 is 14.8 Å². The fraction of sp³-hybridized carbons (Fsp3) is 0.348. The van der Waals surface area contributed by atoms with Gasteiger partial charge in [-0.25, -0.2) is 4.39 Å². The van der Waals surface area contributed by atoms with Crippen molar-refractivity contribution in [3.63, 3.8) is 0 Å². The number of halogens is 1. The van der Waals surface area contributed by atoms with E-state index in [2.05, 4.69) is 20.6 Å². The van der Waals surface area contributed by atoms with Crippen molar-refractivity contribution in [2.45, 2.75) is 38.5 Å². The number of anilines is 1. The first-order chi connectivity index (χ1) is 15.9. The van der Waals surface area contributed by atoms with Crippen molar-refractivity contribution in [2.75, 3.05) is 18.5 Å². The van der Waals surface area contributed by atoms with Gasteiger partial charge in [-0.15, -0.1) is 10.2 Å². The second kappa shape index (κ2) is 7.17. The van der Waals surface area contributed by atoms with Gasteiger partial charge in [-0.2, -0.15) is 5.10 Å². The number of hydrogen-bond acceptors (Lipinski definition) is 7. The van der Waals surface area contributed by atoms with Gasteiger partial charge in [0.1, 0.15) is 17.9 Å². The summed E-state index contributed by atoms with van der Waals surface area (Å²) in [6, 6.07) is 6.87. The zero-order valence-electron chi connectivity index (χ0n) is 18.2. The van der Waals surface area contributed by atoms with Crippen LogP contribution in [-0.4, -0.2) is 48.3 Å². The zero-order chi connectivity index (χ0) is 22.7. The molecule has 0 saturated carbocycles. The Bertz CT molecular complexity index is 1370. The minimum Gasteiger partial charge on any atom is -0.493 e. The summed E-state index contributed by atoms with van der Waals surface area (Å²) in [5.74, 6) is 1.61. The predicted octanol–water partition coefficient (Wildman–Crippen LogP) is 2.98. The van der Waals surface area contributed by atoms with E-state index < -0.39 is 5.60 Å². The van der Waals surface area contributed by atoms with E-state index in [0.717, 1.165) is 11.1 Å². The molecule has 170 valence electrons. The van der Waals surface area contributed by atoms with Crippen LogP contribution in [0, 0.1) is 5.82 Å². The molecule has 5 heterocycles. The lowest BCUT2D eigenvalue weighted by Gasteiger charge is -2.17. The first kappa shape index (κ1) is 20.0. The molecule has 1 atom stereocenters. The lowest BCUT2D eigenvalue weighted by Crippen LogP contribution is -2.26. The van der Waals surface area contributed by atoms with Gasteiger partial charge in [-0.1, -0.05) is 0 Å². The Morgan fingerprint density at radius 1 is 1.21 bits per heavy atom. The van der Waals surface area contributed by atoms with Gasteiger partial charge in [0.15, 0.2) is 17.2 Å². The third kappa shape index (κ3) is 3.37. The Hall–Kier alpha value is -3.66. The number of nitrogens with one attached hydrogen (secondary N) is 1. The van der Waals surface area contributed by atoms with Gasteiger partial charge < -0.3 is 19.9 Å². The summed E-state index contributed by atoms with van der Waals surface area (Å²) < 4.78 is 30.3. The molecule has 0 unspecified atom stereocenters. The van der Waals surface area contributed by atoms with E-state index in [9.17, 15) is 9.50 Å². The third-order valence-electron chi connectivity index (χ3n) is 5.98. The van der Waals surface area contributed by atoms with E-state index in [1.807, 2.05) is 18.3 Å². The quantitative estimate of drug-likeness (QED) is 0.495. The number of rotatable bonds is 3. The van der Waals surface area contributed by atoms with Crippen molar-refractivity contribution in [2.24, 2.45) is 0 Å². The van der Waals surface area contributed by atoms with Crippen LogP contribution in [0.5, 0.6) is 11.5 Å². The van der Waals surface area contributed by atoms with Crippen molar-refractivity contribution in [1.82, 2.24) is 24.4 Å². The molecule has 33 heavy (non-hydrogen) atoms. The van der Waals surface area contributed by atoms with Crippen LogP contribution in [0.4, 0.5) is 10.2 Å². The molecule has 0 spiro atoms. The number of pyridine rings is 1. The van der Waals surface area contributed by atoms with Gasteiger partial charge in [0.05, 0.1) is 42.5 Å². The van der Waals surface area contributed by atoms with Crippen LogP contribution >= 0.6 is 0 Å². The largest absolute Gasteiger partial charge is 0.493 e. The van der Waals surface area contributed by atoms with E-state index in [1.165, 1.54) is 6.07 Å². The predicted molar refractivity (Wildman–Crippen MR) is 118 cm³/mol. The van der Waals surface area contributed by atoms with Crippen LogP contribution in [0.25, 0.3) is 16.9 Å². The number of hydrogen-bond donors (Lipinski definition) is 2. The Morgan fingerprint density at radius 3 is 2.85 bits per heavy atom. The van der Waals surface area contributed by atoms with Crippen LogP contribution in [0.3, 0.4) is 0 Å². The summed E-state index contributed by atoms with van der Waals surface area (Å²) in [5.41, 5.74) is 2.58. The molecule has 0 bridgehead atoms. The van der Waals surface area contributed by atoms with Crippen molar-refractivity contribution in [1.29, 1.82) is 0 Å². The maximum atomic E-state index is 14.7. The number of aromatic nitrogens is 5. The molecule has 9 nitrogen and oxygen atoms in total. The van der Waals surface area contributed by atoms with Gasteiger partial charge in [-0.3, -0.25) is 9.08 Å². The smallest absolute Gasteiger partial charge is 0.171 e. The van der Waals surface area contributed by atoms with Gasteiger partial charge in [0.2, 0.25) is 0 Å². The highest BCUT2D eigenvalue weighted by Gasteiger charge is 2.31. The molecule has 3 aromatic heterocycles. The second-order valence-electron chi connectivity index (χ2n) is 9.12. The summed E-state index contributed by atoms with van der Waals surface area (Å²) in [5, 5.41) is 26.5. The molecule has 2 N–H and O–H groups in total. The monoisotopic (exact) mass is 450 g/mol. The molecule has 6 rings (SSSR count). The average Bonchev–Trinajstić information content (AvgIpc) is 3.50. The molecule has 0 amide bonds. The number of nitrogens with zero attached hydrogens (tertiary/aromatic N) is 5. The lowest BCUT2D eigenvalue weighted by molar-refractivity contribution is 0.0578. The van der Waals surface area contributed by atoms with Crippen LogP contribution in [-0.2, 0) is 13.1 Å². The lowest BCUT2D eigenvalue weighted by atomic mass is 9.96. The van der Waals surface area contributed by atoms with Crippen molar-refractivity contribution in [3.05, 3.63) is 53.7 Å². The highest BCUT2D eigenvalue weighted by atomic mass is 19.1. The van der Waals surface area contributed by atoms with E-state index in [-0.39, 0.29) is 18.3 Å². The molecule has 0 saturated heterocycles. The number of fused-ring (bicyclic) bond motifs is 3. The van der Waals surface area contributed by atoms with E-state index in [0.29, 0.717) is 54.0 Å². The van der Waals surface area contributed by atoms with E-state index >= 15 is 0 Å². The Balaban J connectivity index is 1.44. The zero-order valence-corrected chi connectivity index (χ0v) is 18.2. The van der Waals surface area contributed by atoms with Gasteiger partial charge in [-0.05, 0) is 38.1 Å². The molecule has 0 fully saturated rings. The molecule has 10 heteroatoms. The molecule has 2 aliphatic rings. The summed E-state index contributed by atoms with van der Waals surface area (Å²) >= 11 is 0. The fourth-order valence-electron chi connectivity index (χ4n) is 4.56. The van der Waals surface area contributed by atoms with Crippen molar-refractivity contribution < 1.29 is 19.0 Å². The van der Waals surface area contributed by atoms with Gasteiger partial charge in [0.25, 0.3) is 0 Å². The molecule has 0 radical (unpaired) electrons. The maximum absolute atomic E-state index is 14.7. The molecule has 4 aromatic rings. The van der Waals surface area contributed by atoms with Crippen molar-refractivity contribution >= 4 is 11.5 Å². The number of aliphatic hydroxyl groups is 1. The number of ether oxygens (including phenoxy) is 2. The Kier molecular flexibility index (Phi) is 4.34. The number of benzene rings is 1. The summed E-state index contributed by atoms with van der Waals surface area (Å²) in [4.78, 5) is 0. The van der Waals surface area contributed by atoms with Gasteiger partial charge >= 0.3 is 0 Å². The molecule has 0 aliphatic carbocycles. The third-order valence-corrected chi connectivity index (χ3v) is 5.98. The minimum absolute atomic E-state index is 0.0653. The van der Waals surface area contributed by atoms with Crippen molar-refractivity contribution in [3.8, 4) is 22.8 Å². The molecular weight excluding hydrogens is 427 g/mol.